The molecular weight excluding hydrogens is 336 g/mol. The van der Waals surface area contributed by atoms with Gasteiger partial charge in [-0.05, 0) is 24.7 Å². The van der Waals surface area contributed by atoms with Crippen LogP contribution in [0.1, 0.15) is 16.7 Å². The third kappa shape index (κ3) is 5.40. The van der Waals surface area contributed by atoms with E-state index in [9.17, 15) is 5.11 Å². The molecule has 21 heavy (non-hydrogen) atoms. The van der Waals surface area contributed by atoms with Crippen molar-refractivity contribution in [2.45, 2.75) is 20.4 Å². The van der Waals surface area contributed by atoms with Crippen LogP contribution >= 0.6 is 17.9 Å². The average molecular weight is 356 g/mol. The van der Waals surface area contributed by atoms with Crippen molar-refractivity contribution in [1.29, 1.82) is 0 Å². The van der Waals surface area contributed by atoms with E-state index in [-0.39, 0.29) is 0 Å². The summed E-state index contributed by atoms with van der Waals surface area (Å²) in [5.74, 6) is 0.417. The number of phenols is 1. The second-order valence-electron chi connectivity index (χ2n) is 4.73. The maximum atomic E-state index is 10.1. The van der Waals surface area contributed by atoms with Crippen LogP contribution in [-0.2, 0) is 25.9 Å². The van der Waals surface area contributed by atoms with Crippen molar-refractivity contribution in [1.82, 2.24) is 0 Å². The van der Waals surface area contributed by atoms with Gasteiger partial charge < -0.3 is 10.4 Å². The number of aromatic hydroxyl groups is 1. The fourth-order valence-electron chi connectivity index (χ4n) is 2.05. The number of hydrogen-bond acceptors (Lipinski definition) is 1. The molecule has 0 saturated carbocycles. The monoisotopic (exact) mass is 355 g/mol. The quantitative estimate of drug-likeness (QED) is 0.656. The molecule has 1 unspecified atom stereocenters. The van der Waals surface area contributed by atoms with Gasteiger partial charge in [0.2, 0.25) is 0 Å². The van der Waals surface area contributed by atoms with Gasteiger partial charge >= 0.3 is 28.7 Å². The molecule has 2 rings (SSSR count). The zero-order valence-corrected chi connectivity index (χ0v) is 15.8. The first-order valence-electron chi connectivity index (χ1n) is 6.51. The topological polar surface area (TPSA) is 34.3 Å². The Bertz CT molecular complexity index is 592. The number of phenolic OH excluding ortho intramolecular Hbond substituents is 1. The number of nitrogens with zero attached hydrogens (tertiary/aromatic N) is 1. The Hall–Kier alpha value is -0.366. The van der Waals surface area contributed by atoms with Crippen molar-refractivity contribution in [3.05, 3.63) is 58.4 Å². The first-order valence-corrected chi connectivity index (χ1v) is 9.66. The Labute approximate surface area is 144 Å². The molecule has 2 aromatic carbocycles. The van der Waals surface area contributed by atoms with Crippen LogP contribution in [0.15, 0.2) is 36.4 Å². The normalized spacial score (nSPS) is 10.4. The molecule has 0 aliphatic rings. The molecule has 0 heterocycles. The Morgan fingerprint density at radius 2 is 1.86 bits per heavy atom. The van der Waals surface area contributed by atoms with E-state index in [0.717, 1.165) is 17.4 Å². The fourth-order valence-corrected chi connectivity index (χ4v) is 3.31. The summed E-state index contributed by atoms with van der Waals surface area (Å²) in [7, 11) is 6.94. The van der Waals surface area contributed by atoms with Crippen molar-refractivity contribution < 1.29 is 24.5 Å². The van der Waals surface area contributed by atoms with E-state index in [1.54, 1.807) is 0 Å². The molecule has 0 aliphatic heterocycles. The van der Waals surface area contributed by atoms with E-state index in [4.69, 9.17) is 0 Å². The van der Waals surface area contributed by atoms with Crippen molar-refractivity contribution in [3.63, 3.8) is 0 Å². The molecular formula is C16H19ClNOPTi. The van der Waals surface area contributed by atoms with Crippen LogP contribution in [0.4, 0.5) is 0 Å². The molecule has 0 amide bonds. The molecule has 0 aliphatic carbocycles. The molecule has 0 bridgehead atoms. The molecule has 0 spiro atoms. The molecule has 2 nitrogen and oxygen atoms in total. The first kappa shape index (κ1) is 18.7. The van der Waals surface area contributed by atoms with Gasteiger partial charge in [-0.15, -0.1) is 6.54 Å². The summed E-state index contributed by atoms with van der Waals surface area (Å²) in [6.45, 7) is 4.76. The number of para-hydroxylation sites is 1. The SMILES string of the molecule is C[N-]Cc1cc(C)ccc1Pc1cccc(C)c1O.[Cl][Ti+]. The summed E-state index contributed by atoms with van der Waals surface area (Å²) in [4.78, 5) is 0. The Balaban J connectivity index is 0.00000106. The predicted molar refractivity (Wildman–Crippen MR) is 90.4 cm³/mol. The number of rotatable bonds is 4. The van der Waals surface area contributed by atoms with E-state index in [1.165, 1.54) is 35.8 Å². The van der Waals surface area contributed by atoms with Crippen LogP contribution in [0.3, 0.4) is 0 Å². The van der Waals surface area contributed by atoms with Gasteiger partial charge in [-0.25, -0.2) is 0 Å². The predicted octanol–water partition coefficient (Wildman–Crippen LogP) is 3.83. The van der Waals surface area contributed by atoms with Gasteiger partial charge in [-0.2, -0.15) is 7.05 Å². The van der Waals surface area contributed by atoms with Crippen molar-refractivity contribution in [2.75, 3.05) is 7.05 Å². The van der Waals surface area contributed by atoms with Gasteiger partial charge in [0.25, 0.3) is 0 Å². The first-order chi connectivity index (χ1) is 10.1. The molecule has 0 aromatic heterocycles. The van der Waals surface area contributed by atoms with Gasteiger partial charge in [-0.3, -0.25) is 0 Å². The van der Waals surface area contributed by atoms with E-state index in [0.29, 0.717) is 14.3 Å². The third-order valence-corrected chi connectivity index (χ3v) is 4.53. The van der Waals surface area contributed by atoms with Crippen molar-refractivity contribution >= 4 is 28.5 Å². The summed E-state index contributed by atoms with van der Waals surface area (Å²) in [6, 6.07) is 12.4. The van der Waals surface area contributed by atoms with Crippen LogP contribution in [0.5, 0.6) is 5.75 Å². The van der Waals surface area contributed by atoms with E-state index in [2.05, 4.69) is 39.7 Å². The van der Waals surface area contributed by atoms with E-state index < -0.39 is 0 Å². The molecule has 5 heteroatoms. The van der Waals surface area contributed by atoms with Gasteiger partial charge in [0.05, 0.1) is 0 Å². The van der Waals surface area contributed by atoms with Crippen LogP contribution in [0.25, 0.3) is 5.32 Å². The Morgan fingerprint density at radius 1 is 1.14 bits per heavy atom. The van der Waals surface area contributed by atoms with Crippen LogP contribution in [-0.4, -0.2) is 12.2 Å². The van der Waals surface area contributed by atoms with Gasteiger partial charge in [0.15, 0.2) is 0 Å². The summed E-state index contributed by atoms with van der Waals surface area (Å²) < 4.78 is 0. The molecule has 2 aromatic rings. The summed E-state index contributed by atoms with van der Waals surface area (Å²) in [5.41, 5.74) is 3.43. The molecule has 0 fully saturated rings. The summed E-state index contributed by atoms with van der Waals surface area (Å²) in [5, 5.41) is 16.6. The van der Waals surface area contributed by atoms with Crippen LogP contribution < -0.4 is 10.6 Å². The van der Waals surface area contributed by atoms with Gasteiger partial charge in [-0.1, -0.05) is 56.1 Å². The Morgan fingerprint density at radius 3 is 2.52 bits per heavy atom. The number of halogens is 1. The van der Waals surface area contributed by atoms with Crippen LogP contribution in [0.2, 0.25) is 0 Å². The molecule has 1 N–H and O–H groups in total. The minimum atomic E-state index is 0.417. The minimum absolute atomic E-state index is 0.417. The number of benzene rings is 2. The zero-order valence-electron chi connectivity index (χ0n) is 12.4. The van der Waals surface area contributed by atoms with E-state index >= 15 is 0 Å². The molecule has 110 valence electrons. The second-order valence-corrected chi connectivity index (χ2v) is 6.06. The van der Waals surface area contributed by atoms with E-state index in [1.807, 2.05) is 32.2 Å². The third-order valence-electron chi connectivity index (χ3n) is 3.10. The number of aryl methyl sites for hydroxylation is 2. The second kappa shape index (κ2) is 9.61. The molecule has 0 saturated heterocycles. The van der Waals surface area contributed by atoms with Crippen LogP contribution in [0, 0.1) is 13.8 Å². The number of hydrogen-bond donors (Lipinski definition) is 1. The maximum absolute atomic E-state index is 10.1. The standard InChI is InChI=1S/C16H19NOP.ClH.Ti/c1-11-7-8-14(13(9-11)10-17-3)19-15-6-4-5-12(2)16(15)18;;/h4-9,18-19H,10H2,1-3H3;1H;/q-1;;+2/p-1. The molecule has 1 atom stereocenters. The summed E-state index contributed by atoms with van der Waals surface area (Å²) in [6.07, 6.45) is 0. The summed E-state index contributed by atoms with van der Waals surface area (Å²) >= 11 is 1.47. The van der Waals surface area contributed by atoms with Gasteiger partial charge in [0, 0.05) is 5.30 Å². The molecule has 0 radical (unpaired) electrons. The fraction of sp³-hybridized carbons (Fsp3) is 0.250. The van der Waals surface area contributed by atoms with Gasteiger partial charge in [0.1, 0.15) is 5.75 Å². The van der Waals surface area contributed by atoms with Crippen molar-refractivity contribution in [3.8, 4) is 5.75 Å². The Kier molecular flexibility index (Phi) is 8.55. The zero-order chi connectivity index (χ0) is 15.8. The van der Waals surface area contributed by atoms with Crippen molar-refractivity contribution in [2.24, 2.45) is 0 Å². The average Bonchev–Trinajstić information content (AvgIpc) is 2.49.